The first kappa shape index (κ1) is 11.6. The summed E-state index contributed by atoms with van der Waals surface area (Å²) in [7, 11) is 0. The summed E-state index contributed by atoms with van der Waals surface area (Å²) in [4.78, 5) is 0. The molecule has 17 heavy (non-hydrogen) atoms. The highest BCUT2D eigenvalue weighted by molar-refractivity contribution is 5.30. The molecule has 0 saturated heterocycles. The third-order valence-electron chi connectivity index (χ3n) is 2.12. The van der Waals surface area contributed by atoms with Crippen molar-refractivity contribution < 1.29 is 8.78 Å². The molecule has 1 N–H and O–H groups in total. The van der Waals surface area contributed by atoms with Gasteiger partial charge in [-0.3, -0.25) is 0 Å². The van der Waals surface area contributed by atoms with Gasteiger partial charge < -0.3 is 5.32 Å². The minimum absolute atomic E-state index is 0.201. The second-order valence-corrected chi connectivity index (χ2v) is 3.36. The van der Waals surface area contributed by atoms with E-state index in [-0.39, 0.29) is 13.1 Å². The van der Waals surface area contributed by atoms with E-state index in [1.54, 1.807) is 0 Å². The summed E-state index contributed by atoms with van der Waals surface area (Å²) in [6.07, 6.45) is -2.38. The van der Waals surface area contributed by atoms with Crippen LogP contribution in [0.4, 0.5) is 8.78 Å². The SMILES string of the molecule is FC(F)CNCc1nnnn1-c1ccccc1. The Labute approximate surface area is 96.4 Å². The van der Waals surface area contributed by atoms with Crippen LogP contribution in [0.25, 0.3) is 5.69 Å². The Morgan fingerprint density at radius 2 is 2.00 bits per heavy atom. The molecule has 0 atom stereocenters. The van der Waals surface area contributed by atoms with Crippen molar-refractivity contribution in [3.63, 3.8) is 0 Å². The molecule has 90 valence electrons. The summed E-state index contributed by atoms with van der Waals surface area (Å²) >= 11 is 0. The smallest absolute Gasteiger partial charge is 0.250 e. The first-order valence-electron chi connectivity index (χ1n) is 5.09. The lowest BCUT2D eigenvalue weighted by atomic mass is 10.3. The molecule has 0 bridgehead atoms. The van der Waals surface area contributed by atoms with Gasteiger partial charge in [0.25, 0.3) is 6.43 Å². The van der Waals surface area contributed by atoms with E-state index in [2.05, 4.69) is 20.8 Å². The number of benzene rings is 1. The highest BCUT2D eigenvalue weighted by Gasteiger charge is 2.08. The highest BCUT2D eigenvalue weighted by atomic mass is 19.3. The Kier molecular flexibility index (Phi) is 3.71. The van der Waals surface area contributed by atoms with Crippen LogP contribution in [0.2, 0.25) is 0 Å². The number of nitrogens with zero attached hydrogens (tertiary/aromatic N) is 4. The van der Waals surface area contributed by atoms with Gasteiger partial charge in [-0.2, -0.15) is 4.68 Å². The van der Waals surface area contributed by atoms with Crippen LogP contribution in [0.5, 0.6) is 0 Å². The van der Waals surface area contributed by atoms with Crippen molar-refractivity contribution in [3.8, 4) is 5.69 Å². The number of aromatic nitrogens is 4. The molecule has 1 aromatic heterocycles. The summed E-state index contributed by atoms with van der Waals surface area (Å²) in [6.45, 7) is -0.173. The van der Waals surface area contributed by atoms with Crippen LogP contribution >= 0.6 is 0 Å². The monoisotopic (exact) mass is 239 g/mol. The third kappa shape index (κ3) is 3.04. The van der Waals surface area contributed by atoms with E-state index in [9.17, 15) is 8.78 Å². The minimum atomic E-state index is -2.38. The summed E-state index contributed by atoms with van der Waals surface area (Å²) in [5, 5.41) is 13.7. The first-order chi connectivity index (χ1) is 8.27. The molecule has 0 aliphatic rings. The Morgan fingerprint density at radius 1 is 1.24 bits per heavy atom. The fourth-order valence-corrected chi connectivity index (χ4v) is 1.38. The summed E-state index contributed by atoms with van der Waals surface area (Å²) in [5.74, 6) is 0.497. The molecule has 2 aromatic rings. The van der Waals surface area contributed by atoms with E-state index in [0.717, 1.165) is 5.69 Å². The molecule has 0 radical (unpaired) electrons. The second-order valence-electron chi connectivity index (χ2n) is 3.36. The van der Waals surface area contributed by atoms with Gasteiger partial charge in [-0.05, 0) is 22.6 Å². The standard InChI is InChI=1S/C10H11F2N5/c11-9(12)6-13-7-10-14-15-16-17(10)8-4-2-1-3-5-8/h1-5,9,13H,6-7H2. The van der Waals surface area contributed by atoms with Gasteiger partial charge in [0.15, 0.2) is 5.82 Å². The fourth-order valence-electron chi connectivity index (χ4n) is 1.38. The van der Waals surface area contributed by atoms with E-state index < -0.39 is 6.43 Å². The average Bonchev–Trinajstić information content (AvgIpc) is 2.78. The van der Waals surface area contributed by atoms with Crippen LogP contribution < -0.4 is 5.32 Å². The van der Waals surface area contributed by atoms with Gasteiger partial charge in [-0.15, -0.1) is 5.10 Å². The van der Waals surface area contributed by atoms with Gasteiger partial charge in [0.2, 0.25) is 0 Å². The molecule has 0 spiro atoms. The molecule has 1 heterocycles. The maximum absolute atomic E-state index is 12.0. The molecule has 1 aromatic carbocycles. The Bertz CT molecular complexity index is 457. The third-order valence-corrected chi connectivity index (χ3v) is 2.12. The number of alkyl halides is 2. The number of rotatable bonds is 5. The molecule has 0 unspecified atom stereocenters. The van der Waals surface area contributed by atoms with Crippen LogP contribution in [-0.4, -0.2) is 33.2 Å². The van der Waals surface area contributed by atoms with Crippen molar-refractivity contribution in [2.45, 2.75) is 13.0 Å². The van der Waals surface area contributed by atoms with E-state index in [0.29, 0.717) is 5.82 Å². The molecule has 0 aliphatic heterocycles. The van der Waals surface area contributed by atoms with Crippen molar-refractivity contribution in [2.75, 3.05) is 6.54 Å². The van der Waals surface area contributed by atoms with Gasteiger partial charge in [-0.1, -0.05) is 18.2 Å². The van der Waals surface area contributed by atoms with E-state index in [1.165, 1.54) is 4.68 Å². The van der Waals surface area contributed by atoms with E-state index in [1.807, 2.05) is 30.3 Å². The van der Waals surface area contributed by atoms with Gasteiger partial charge in [0.05, 0.1) is 18.8 Å². The van der Waals surface area contributed by atoms with Crippen molar-refractivity contribution in [3.05, 3.63) is 36.2 Å². The van der Waals surface area contributed by atoms with Gasteiger partial charge in [-0.25, -0.2) is 8.78 Å². The normalized spacial score (nSPS) is 11.0. The van der Waals surface area contributed by atoms with Crippen LogP contribution in [0.15, 0.2) is 30.3 Å². The molecule has 7 heteroatoms. The Hall–Kier alpha value is -1.89. The fraction of sp³-hybridized carbons (Fsp3) is 0.300. The zero-order valence-corrected chi connectivity index (χ0v) is 8.92. The molecule has 0 aliphatic carbocycles. The number of hydrogen-bond acceptors (Lipinski definition) is 4. The molecular weight excluding hydrogens is 228 g/mol. The lowest BCUT2D eigenvalue weighted by Crippen LogP contribution is -2.22. The number of para-hydroxylation sites is 1. The number of tetrazole rings is 1. The summed E-state index contributed by atoms with van der Waals surface area (Å²) in [5.41, 5.74) is 0.798. The second kappa shape index (κ2) is 5.44. The predicted octanol–water partition coefficient (Wildman–Crippen LogP) is 1.02. The zero-order valence-electron chi connectivity index (χ0n) is 8.92. The topological polar surface area (TPSA) is 55.6 Å². The lowest BCUT2D eigenvalue weighted by molar-refractivity contribution is 0.145. The molecule has 0 saturated carbocycles. The Morgan fingerprint density at radius 3 is 2.71 bits per heavy atom. The van der Waals surface area contributed by atoms with Gasteiger partial charge in [0, 0.05) is 0 Å². The van der Waals surface area contributed by atoms with Crippen molar-refractivity contribution in [1.29, 1.82) is 0 Å². The summed E-state index contributed by atoms with van der Waals surface area (Å²) < 4.78 is 25.4. The van der Waals surface area contributed by atoms with Crippen molar-refractivity contribution >= 4 is 0 Å². The lowest BCUT2D eigenvalue weighted by Gasteiger charge is -2.05. The van der Waals surface area contributed by atoms with Crippen LogP contribution in [0, 0.1) is 0 Å². The van der Waals surface area contributed by atoms with E-state index >= 15 is 0 Å². The Balaban J connectivity index is 2.07. The van der Waals surface area contributed by atoms with Gasteiger partial charge in [0.1, 0.15) is 0 Å². The summed E-state index contributed by atoms with van der Waals surface area (Å²) in [6, 6.07) is 9.27. The minimum Gasteiger partial charge on any atom is -0.304 e. The van der Waals surface area contributed by atoms with Crippen LogP contribution in [-0.2, 0) is 6.54 Å². The van der Waals surface area contributed by atoms with Crippen molar-refractivity contribution in [1.82, 2.24) is 25.5 Å². The predicted molar refractivity (Wildman–Crippen MR) is 56.9 cm³/mol. The van der Waals surface area contributed by atoms with Crippen LogP contribution in [0.3, 0.4) is 0 Å². The maximum Gasteiger partial charge on any atom is 0.250 e. The number of hydrogen-bond donors (Lipinski definition) is 1. The first-order valence-corrected chi connectivity index (χ1v) is 5.09. The number of halogens is 2. The zero-order chi connectivity index (χ0) is 12.1. The molecule has 0 fully saturated rings. The van der Waals surface area contributed by atoms with Crippen molar-refractivity contribution in [2.24, 2.45) is 0 Å². The van der Waals surface area contributed by atoms with Crippen LogP contribution in [0.1, 0.15) is 5.82 Å². The van der Waals surface area contributed by atoms with Gasteiger partial charge >= 0.3 is 0 Å². The molecule has 2 rings (SSSR count). The largest absolute Gasteiger partial charge is 0.304 e. The maximum atomic E-state index is 12.0. The van der Waals surface area contributed by atoms with E-state index in [4.69, 9.17) is 0 Å². The quantitative estimate of drug-likeness (QED) is 0.846. The molecular formula is C10H11F2N5. The number of nitrogens with one attached hydrogen (secondary N) is 1. The highest BCUT2D eigenvalue weighted by Crippen LogP contribution is 2.06. The molecule has 0 amide bonds. The average molecular weight is 239 g/mol. The molecule has 5 nitrogen and oxygen atoms in total.